The predicted molar refractivity (Wildman–Crippen MR) is 135 cm³/mol. The number of carbonyl (C=O) groups excluding carboxylic acids is 2. The number of hydrogen-bond donors (Lipinski definition) is 2. The number of ether oxygens (including phenoxy) is 2. The number of aryl methyl sites for hydroxylation is 1. The van der Waals surface area contributed by atoms with Gasteiger partial charge in [-0.1, -0.05) is 0 Å². The van der Waals surface area contributed by atoms with E-state index in [0.717, 1.165) is 24.4 Å². The first-order chi connectivity index (χ1) is 19.0. The Balaban J connectivity index is 1.44. The molecular weight excluding hydrogens is 536 g/mol. The quantitative estimate of drug-likeness (QED) is 0.312. The topological polar surface area (TPSA) is 128 Å². The molecule has 3 aromatic rings. The highest BCUT2D eigenvalue weighted by atomic mass is 19.4. The normalized spacial score (nSPS) is 17.1. The third kappa shape index (κ3) is 6.57. The van der Waals surface area contributed by atoms with Gasteiger partial charge in [0.1, 0.15) is 22.8 Å². The van der Waals surface area contributed by atoms with Crippen molar-refractivity contribution in [2.45, 2.75) is 26.1 Å². The lowest BCUT2D eigenvalue weighted by Crippen LogP contribution is -2.43. The molecule has 0 aliphatic carbocycles. The van der Waals surface area contributed by atoms with Crippen LogP contribution >= 0.6 is 0 Å². The molecule has 1 fully saturated rings. The number of halogens is 4. The predicted octanol–water partition coefficient (Wildman–Crippen LogP) is 4.02. The van der Waals surface area contributed by atoms with Gasteiger partial charge in [-0.05, 0) is 31.5 Å². The number of hydrogen-bond acceptors (Lipinski definition) is 8. The first-order valence-electron chi connectivity index (χ1n) is 11.9. The summed E-state index contributed by atoms with van der Waals surface area (Å²) < 4.78 is 65.4. The van der Waals surface area contributed by atoms with Crippen molar-refractivity contribution < 1.29 is 36.6 Å². The number of anilines is 2. The van der Waals surface area contributed by atoms with Gasteiger partial charge in [0.05, 0.1) is 54.7 Å². The van der Waals surface area contributed by atoms with Crippen LogP contribution in [0.5, 0.6) is 5.75 Å². The van der Waals surface area contributed by atoms with Gasteiger partial charge < -0.3 is 20.1 Å². The minimum absolute atomic E-state index is 0.0114. The fourth-order valence-corrected chi connectivity index (χ4v) is 3.83. The number of alkyl halides is 3. The summed E-state index contributed by atoms with van der Waals surface area (Å²) in [6.45, 7) is 1.55. The first kappa shape index (κ1) is 28.5. The van der Waals surface area contributed by atoms with Crippen molar-refractivity contribution in [1.29, 1.82) is 0 Å². The number of benzene rings is 1. The summed E-state index contributed by atoms with van der Waals surface area (Å²) in [5, 5.41) is 5.09. The van der Waals surface area contributed by atoms with E-state index in [1.54, 1.807) is 6.92 Å². The molecule has 0 saturated carbocycles. The van der Waals surface area contributed by atoms with Gasteiger partial charge in [0, 0.05) is 31.3 Å². The molecule has 1 aliphatic heterocycles. The summed E-state index contributed by atoms with van der Waals surface area (Å²) in [4.78, 5) is 41.2. The number of aliphatic imine (C=N–C) groups is 1. The molecule has 210 valence electrons. The van der Waals surface area contributed by atoms with Crippen molar-refractivity contribution in [3.63, 3.8) is 0 Å². The molecule has 10 nitrogen and oxygen atoms in total. The fraction of sp³-hybridized carbons (Fsp3) is 0.308. The van der Waals surface area contributed by atoms with Gasteiger partial charge >= 0.3 is 6.18 Å². The molecule has 2 N–H and O–H groups in total. The molecule has 0 radical (unpaired) electrons. The zero-order chi connectivity index (χ0) is 28.9. The van der Waals surface area contributed by atoms with Crippen LogP contribution in [0.4, 0.5) is 28.9 Å². The van der Waals surface area contributed by atoms with Gasteiger partial charge in [-0.15, -0.1) is 0 Å². The largest absolute Gasteiger partial charge is 0.497 e. The van der Waals surface area contributed by atoms with Crippen LogP contribution in [0.3, 0.4) is 0 Å². The maximum atomic E-state index is 14.8. The van der Waals surface area contributed by atoms with Gasteiger partial charge in [0.25, 0.3) is 5.91 Å². The standard InChI is InChI=1S/C26H24F4N6O4/c1-15-31-9-16(10-32-15)23(37)35-13-25(5-6-40-14-25)24(38)34-12-22-20(27)7-17(11-33-22)36-21-4-3-18(39-2)8-19(21)26(28,29)30/h3-4,7-11,13,36H,5-6,12,14H2,1-2H3,(H,34,38)/t25-/m0/s1. The van der Waals surface area contributed by atoms with Crippen molar-refractivity contribution in [3.05, 3.63) is 71.3 Å². The second kappa shape index (κ2) is 11.7. The van der Waals surface area contributed by atoms with Crippen molar-refractivity contribution >= 4 is 29.4 Å². The Morgan fingerprint density at radius 2 is 1.93 bits per heavy atom. The van der Waals surface area contributed by atoms with E-state index in [0.29, 0.717) is 5.82 Å². The van der Waals surface area contributed by atoms with Crippen LogP contribution in [0.2, 0.25) is 0 Å². The van der Waals surface area contributed by atoms with Crippen LogP contribution in [0.15, 0.2) is 47.8 Å². The SMILES string of the molecule is COc1ccc(Nc2cnc(CNC(=O)[C@]3(C=NC(=O)c4cnc(C)nc4)CCOC3)c(F)c2)c(C(F)(F)F)c1. The highest BCUT2D eigenvalue weighted by Gasteiger charge is 2.41. The highest BCUT2D eigenvalue weighted by Crippen LogP contribution is 2.38. The van der Waals surface area contributed by atoms with Crippen molar-refractivity contribution in [2.75, 3.05) is 25.6 Å². The fourth-order valence-electron chi connectivity index (χ4n) is 3.83. The molecule has 2 aromatic heterocycles. The average molecular weight is 561 g/mol. The molecule has 1 atom stereocenters. The molecule has 0 bridgehead atoms. The van der Waals surface area contributed by atoms with E-state index in [1.807, 2.05) is 0 Å². The number of aromatic nitrogens is 3. The van der Waals surface area contributed by atoms with Gasteiger partial charge in [-0.25, -0.2) is 19.4 Å². The summed E-state index contributed by atoms with van der Waals surface area (Å²) in [6.07, 6.45) is 0.558. The van der Waals surface area contributed by atoms with Crippen LogP contribution in [0, 0.1) is 18.2 Å². The third-order valence-corrected chi connectivity index (χ3v) is 6.11. The van der Waals surface area contributed by atoms with Crippen LogP contribution in [0.1, 0.15) is 33.9 Å². The number of nitrogens with zero attached hydrogens (tertiary/aromatic N) is 4. The third-order valence-electron chi connectivity index (χ3n) is 6.11. The molecule has 1 aliphatic rings. The molecule has 0 unspecified atom stereocenters. The van der Waals surface area contributed by atoms with E-state index in [4.69, 9.17) is 9.47 Å². The Labute approximate surface area is 225 Å². The maximum absolute atomic E-state index is 14.8. The summed E-state index contributed by atoms with van der Waals surface area (Å²) in [5.74, 6) is -1.56. The highest BCUT2D eigenvalue weighted by molar-refractivity contribution is 6.05. The van der Waals surface area contributed by atoms with Gasteiger partial charge in [-0.3, -0.25) is 14.6 Å². The molecular formula is C26H24F4N6O4. The van der Waals surface area contributed by atoms with Crippen molar-refractivity contribution in [2.24, 2.45) is 10.4 Å². The molecule has 1 saturated heterocycles. The number of rotatable bonds is 8. The number of methoxy groups -OCH3 is 1. The van der Waals surface area contributed by atoms with E-state index in [-0.39, 0.29) is 54.6 Å². The number of amides is 2. The Bertz CT molecular complexity index is 1420. The minimum Gasteiger partial charge on any atom is -0.497 e. The summed E-state index contributed by atoms with van der Waals surface area (Å²) >= 11 is 0. The number of pyridine rings is 1. The van der Waals surface area contributed by atoms with Crippen molar-refractivity contribution in [3.8, 4) is 5.75 Å². The lowest BCUT2D eigenvalue weighted by Gasteiger charge is -2.21. The lowest BCUT2D eigenvalue weighted by atomic mass is 9.87. The van der Waals surface area contributed by atoms with E-state index < -0.39 is 34.8 Å². The second-order valence-corrected chi connectivity index (χ2v) is 8.91. The molecule has 2 amide bonds. The molecule has 0 spiro atoms. The maximum Gasteiger partial charge on any atom is 0.418 e. The molecule has 3 heterocycles. The molecule has 14 heteroatoms. The van der Waals surface area contributed by atoms with E-state index in [1.165, 1.54) is 31.8 Å². The van der Waals surface area contributed by atoms with Gasteiger partial charge in [-0.2, -0.15) is 13.2 Å². The smallest absolute Gasteiger partial charge is 0.418 e. The Hall–Kier alpha value is -4.46. The van der Waals surface area contributed by atoms with E-state index in [2.05, 4.69) is 30.6 Å². The van der Waals surface area contributed by atoms with E-state index >= 15 is 0 Å². The lowest BCUT2D eigenvalue weighted by molar-refractivity contribution is -0.137. The summed E-state index contributed by atoms with van der Waals surface area (Å²) in [5.41, 5.74) is -2.61. The zero-order valence-corrected chi connectivity index (χ0v) is 21.4. The van der Waals surface area contributed by atoms with Crippen LogP contribution in [0.25, 0.3) is 0 Å². The molecule has 1 aromatic carbocycles. The van der Waals surface area contributed by atoms with Crippen LogP contribution < -0.4 is 15.4 Å². The summed E-state index contributed by atoms with van der Waals surface area (Å²) in [7, 11) is 1.24. The van der Waals surface area contributed by atoms with Gasteiger partial charge in [0.2, 0.25) is 5.91 Å². The molecule has 4 rings (SSSR count). The van der Waals surface area contributed by atoms with Gasteiger partial charge in [0.15, 0.2) is 0 Å². The Kier molecular flexibility index (Phi) is 8.38. The Morgan fingerprint density at radius 1 is 1.18 bits per heavy atom. The Morgan fingerprint density at radius 3 is 2.55 bits per heavy atom. The second-order valence-electron chi connectivity index (χ2n) is 8.91. The minimum atomic E-state index is -4.69. The zero-order valence-electron chi connectivity index (χ0n) is 21.4. The number of nitrogens with one attached hydrogen (secondary N) is 2. The van der Waals surface area contributed by atoms with Crippen molar-refractivity contribution in [1.82, 2.24) is 20.3 Å². The summed E-state index contributed by atoms with van der Waals surface area (Å²) in [6, 6.07) is 4.29. The van der Waals surface area contributed by atoms with Crippen LogP contribution in [-0.4, -0.2) is 53.3 Å². The van der Waals surface area contributed by atoms with E-state index in [9.17, 15) is 27.2 Å². The monoisotopic (exact) mass is 560 g/mol. The number of carbonyl (C=O) groups is 2. The first-order valence-corrected chi connectivity index (χ1v) is 11.9. The van der Waals surface area contributed by atoms with Crippen LogP contribution in [-0.2, 0) is 22.3 Å². The average Bonchev–Trinajstić information content (AvgIpc) is 3.41. The molecule has 40 heavy (non-hydrogen) atoms.